The summed E-state index contributed by atoms with van der Waals surface area (Å²) in [6.45, 7) is 1.73. The van der Waals surface area contributed by atoms with Crippen LogP contribution >= 0.6 is 15.9 Å². The lowest BCUT2D eigenvalue weighted by Crippen LogP contribution is -2.34. The summed E-state index contributed by atoms with van der Waals surface area (Å²) in [5.41, 5.74) is 1.71. The highest BCUT2D eigenvalue weighted by molar-refractivity contribution is 9.10. The molecule has 1 aromatic heterocycles. The molecule has 0 spiro atoms. The fourth-order valence-corrected chi connectivity index (χ4v) is 4.87. The number of Topliss-reactive ketones (excluding diaryl/α,β-unsaturated/α-hetero) is 1. The first-order valence-electron chi connectivity index (χ1n) is 11.3. The Morgan fingerprint density at radius 2 is 1.44 bits per heavy atom. The molecule has 1 amide bonds. The number of hydrogen-bond donors (Lipinski definition) is 1. The summed E-state index contributed by atoms with van der Waals surface area (Å²) >= 11 is 3.41. The van der Waals surface area contributed by atoms with E-state index in [1.165, 1.54) is 9.58 Å². The molecule has 1 aliphatic rings. The minimum absolute atomic E-state index is 0.0672. The summed E-state index contributed by atoms with van der Waals surface area (Å²) in [5.74, 6) is -2.01. The van der Waals surface area contributed by atoms with Crippen LogP contribution in [0.1, 0.15) is 22.9 Å². The number of aromatic nitrogens is 2. The second kappa shape index (κ2) is 9.13. The van der Waals surface area contributed by atoms with Crippen LogP contribution in [0.15, 0.2) is 99.8 Å². The van der Waals surface area contributed by atoms with Gasteiger partial charge in [0.15, 0.2) is 0 Å². The molecule has 0 bridgehead atoms. The third-order valence-electron chi connectivity index (χ3n) is 6.44. The Hall–Kier alpha value is -4.17. The average Bonchev–Trinajstić information content (AvgIpc) is 3.28. The summed E-state index contributed by atoms with van der Waals surface area (Å²) in [6, 6.07) is 23.8. The van der Waals surface area contributed by atoms with Gasteiger partial charge >= 0.3 is 0 Å². The van der Waals surface area contributed by atoms with Crippen molar-refractivity contribution in [3.05, 3.63) is 122 Å². The first kappa shape index (κ1) is 23.6. The van der Waals surface area contributed by atoms with Gasteiger partial charge in [0.25, 0.3) is 17.2 Å². The second-order valence-corrected chi connectivity index (χ2v) is 9.41. The van der Waals surface area contributed by atoms with Gasteiger partial charge in [-0.3, -0.25) is 24.0 Å². The number of nitrogens with zero attached hydrogens (tertiary/aromatic N) is 3. The van der Waals surface area contributed by atoms with E-state index in [-0.39, 0.29) is 17.0 Å². The molecule has 3 aromatic carbocycles. The Morgan fingerprint density at radius 3 is 2.06 bits per heavy atom. The van der Waals surface area contributed by atoms with Gasteiger partial charge < -0.3 is 5.11 Å². The zero-order valence-electron chi connectivity index (χ0n) is 19.6. The maximum absolute atomic E-state index is 13.8. The first-order chi connectivity index (χ1) is 17.3. The van der Waals surface area contributed by atoms with Gasteiger partial charge in [-0.1, -0.05) is 76.6 Å². The van der Waals surface area contributed by atoms with Crippen molar-refractivity contribution in [3.8, 4) is 5.69 Å². The second-order valence-electron chi connectivity index (χ2n) is 8.50. The van der Waals surface area contributed by atoms with Gasteiger partial charge in [0.2, 0.25) is 0 Å². The van der Waals surface area contributed by atoms with E-state index in [4.69, 9.17) is 0 Å². The van der Waals surface area contributed by atoms with Gasteiger partial charge in [-0.25, -0.2) is 4.68 Å². The molecule has 180 valence electrons. The quantitative estimate of drug-likeness (QED) is 0.226. The van der Waals surface area contributed by atoms with Crippen LogP contribution in [0.25, 0.3) is 11.4 Å². The van der Waals surface area contributed by atoms with Crippen LogP contribution < -0.4 is 10.5 Å². The normalized spacial score (nSPS) is 17.1. The molecule has 1 N–H and O–H groups in total. The van der Waals surface area contributed by atoms with Crippen molar-refractivity contribution in [2.24, 2.45) is 7.05 Å². The minimum Gasteiger partial charge on any atom is -0.507 e. The zero-order chi connectivity index (χ0) is 25.6. The number of amides is 1. The minimum atomic E-state index is -0.990. The van der Waals surface area contributed by atoms with Crippen LogP contribution in [-0.4, -0.2) is 26.2 Å². The monoisotopic (exact) mass is 543 g/mol. The predicted octanol–water partition coefficient (Wildman–Crippen LogP) is 4.87. The number of hydrogen-bond acceptors (Lipinski definition) is 4. The number of aliphatic hydroxyl groups is 1. The summed E-state index contributed by atoms with van der Waals surface area (Å²) in [6.07, 6.45) is 0. The maximum Gasteiger partial charge on any atom is 0.300 e. The standard InChI is InChI=1S/C28H22BrN3O4/c1-17-23(27(35)32(30(17)2)21-11-7-4-8-12-21)31-24(18-13-15-20(29)16-14-18)22(26(34)28(31)36)25(33)19-9-5-3-6-10-19/h3-16,24,33H,1-2H3/t24-/m0/s1. The molecule has 0 saturated carbocycles. The van der Waals surface area contributed by atoms with Crippen molar-refractivity contribution in [2.45, 2.75) is 13.0 Å². The van der Waals surface area contributed by atoms with Gasteiger partial charge in [-0.05, 0) is 36.8 Å². The van der Waals surface area contributed by atoms with Crippen LogP contribution in [0.5, 0.6) is 0 Å². The number of anilines is 1. The molecule has 4 aromatic rings. The summed E-state index contributed by atoms with van der Waals surface area (Å²) in [5, 5.41) is 11.2. The highest BCUT2D eigenvalue weighted by atomic mass is 79.9. The van der Waals surface area contributed by atoms with Crippen LogP contribution in [0.4, 0.5) is 5.69 Å². The highest BCUT2D eigenvalue weighted by Crippen LogP contribution is 2.42. The molecule has 1 atom stereocenters. The molecule has 0 radical (unpaired) electrons. The maximum atomic E-state index is 13.8. The fourth-order valence-electron chi connectivity index (χ4n) is 4.61. The molecular weight excluding hydrogens is 522 g/mol. The number of aliphatic hydroxyl groups excluding tert-OH is 1. The van der Waals surface area contributed by atoms with Crippen molar-refractivity contribution in [2.75, 3.05) is 4.90 Å². The van der Waals surface area contributed by atoms with E-state index in [1.807, 2.05) is 18.2 Å². The Labute approximate surface area is 215 Å². The number of carbonyl (C=O) groups is 2. The summed E-state index contributed by atoms with van der Waals surface area (Å²) in [4.78, 5) is 41.9. The van der Waals surface area contributed by atoms with Crippen LogP contribution in [0.2, 0.25) is 0 Å². The molecule has 5 rings (SSSR count). The van der Waals surface area contributed by atoms with Crippen LogP contribution in [-0.2, 0) is 16.6 Å². The molecular formula is C28H22BrN3O4. The van der Waals surface area contributed by atoms with E-state index in [9.17, 15) is 19.5 Å². The van der Waals surface area contributed by atoms with Gasteiger partial charge in [0.05, 0.1) is 23.0 Å². The van der Waals surface area contributed by atoms with Crippen molar-refractivity contribution >= 4 is 39.1 Å². The van der Waals surface area contributed by atoms with Crippen molar-refractivity contribution < 1.29 is 14.7 Å². The molecule has 0 aliphatic carbocycles. The lowest BCUT2D eigenvalue weighted by Gasteiger charge is -2.24. The smallest absolute Gasteiger partial charge is 0.300 e. The number of carbonyl (C=O) groups excluding carboxylic acids is 2. The van der Waals surface area contributed by atoms with E-state index in [0.29, 0.717) is 22.5 Å². The topological polar surface area (TPSA) is 84.5 Å². The molecule has 8 heteroatoms. The van der Waals surface area contributed by atoms with E-state index in [2.05, 4.69) is 15.9 Å². The van der Waals surface area contributed by atoms with Gasteiger partial charge in [-0.15, -0.1) is 0 Å². The molecule has 1 fully saturated rings. The number of benzene rings is 3. The molecule has 0 unspecified atom stereocenters. The third-order valence-corrected chi connectivity index (χ3v) is 6.97. The highest BCUT2D eigenvalue weighted by Gasteiger charge is 2.49. The van der Waals surface area contributed by atoms with E-state index in [1.54, 1.807) is 85.4 Å². The predicted molar refractivity (Wildman–Crippen MR) is 141 cm³/mol. The van der Waals surface area contributed by atoms with Crippen LogP contribution in [0, 0.1) is 6.92 Å². The summed E-state index contributed by atoms with van der Waals surface area (Å²) < 4.78 is 3.93. The molecule has 1 saturated heterocycles. The molecule has 36 heavy (non-hydrogen) atoms. The van der Waals surface area contributed by atoms with Gasteiger partial charge in [0.1, 0.15) is 11.4 Å². The van der Waals surface area contributed by atoms with E-state index < -0.39 is 23.3 Å². The fraction of sp³-hybridized carbons (Fsp3) is 0.107. The number of ketones is 1. The van der Waals surface area contributed by atoms with E-state index in [0.717, 1.165) is 4.47 Å². The molecule has 2 heterocycles. The third kappa shape index (κ3) is 3.70. The van der Waals surface area contributed by atoms with Crippen molar-refractivity contribution in [3.63, 3.8) is 0 Å². The van der Waals surface area contributed by atoms with Crippen LogP contribution in [0.3, 0.4) is 0 Å². The number of para-hydroxylation sites is 1. The van der Waals surface area contributed by atoms with Crippen molar-refractivity contribution in [1.82, 2.24) is 9.36 Å². The van der Waals surface area contributed by atoms with Gasteiger partial charge in [0, 0.05) is 17.1 Å². The largest absolute Gasteiger partial charge is 0.507 e. The Bertz CT molecular complexity index is 1570. The molecule has 7 nitrogen and oxygen atoms in total. The number of rotatable bonds is 4. The lowest BCUT2D eigenvalue weighted by atomic mass is 9.95. The lowest BCUT2D eigenvalue weighted by molar-refractivity contribution is -0.132. The van der Waals surface area contributed by atoms with E-state index >= 15 is 0 Å². The first-order valence-corrected chi connectivity index (χ1v) is 12.1. The van der Waals surface area contributed by atoms with Gasteiger partial charge in [-0.2, -0.15) is 0 Å². The molecule has 1 aliphatic heterocycles. The average molecular weight is 544 g/mol. The SMILES string of the molecule is Cc1c(N2C(=O)C(=O)C(=C(O)c3ccccc3)[C@@H]2c2ccc(Br)cc2)c(=O)n(-c2ccccc2)n1C. The number of halogens is 1. The Morgan fingerprint density at radius 1 is 0.861 bits per heavy atom. The summed E-state index contributed by atoms with van der Waals surface area (Å²) in [7, 11) is 1.72. The Kier molecular flexibility index (Phi) is 5.97. The Balaban J connectivity index is 1.78. The van der Waals surface area contributed by atoms with Crippen molar-refractivity contribution in [1.29, 1.82) is 0 Å². The zero-order valence-corrected chi connectivity index (χ0v) is 21.1.